The van der Waals surface area contributed by atoms with Gasteiger partial charge in [-0.3, -0.25) is 0 Å². The van der Waals surface area contributed by atoms with Gasteiger partial charge in [-0.05, 0) is 42.3 Å². The molecular weight excluding hydrogens is 293 g/mol. The number of hydrogen-bond donors (Lipinski definition) is 1. The number of nitrogens with two attached hydrogens (primary N) is 1. The zero-order valence-electron chi connectivity index (χ0n) is 9.94. The SMILES string of the molecule is NCC(Cc1cc(F)ccc1Br)c1ccccc1. The van der Waals surface area contributed by atoms with E-state index in [1.807, 2.05) is 18.2 Å². The van der Waals surface area contributed by atoms with E-state index >= 15 is 0 Å². The second-order valence-electron chi connectivity index (χ2n) is 4.28. The molecule has 3 heteroatoms. The lowest BCUT2D eigenvalue weighted by Crippen LogP contribution is -2.15. The van der Waals surface area contributed by atoms with Crippen LogP contribution in [0.3, 0.4) is 0 Å². The van der Waals surface area contributed by atoms with E-state index < -0.39 is 0 Å². The van der Waals surface area contributed by atoms with Gasteiger partial charge < -0.3 is 5.73 Å². The molecule has 0 aliphatic carbocycles. The molecule has 0 saturated carbocycles. The van der Waals surface area contributed by atoms with Crippen molar-refractivity contribution in [2.75, 3.05) is 6.54 Å². The fourth-order valence-electron chi connectivity index (χ4n) is 2.03. The second-order valence-corrected chi connectivity index (χ2v) is 5.14. The average molecular weight is 308 g/mol. The molecule has 1 atom stereocenters. The van der Waals surface area contributed by atoms with Gasteiger partial charge in [0.25, 0.3) is 0 Å². The van der Waals surface area contributed by atoms with Crippen LogP contribution in [0.4, 0.5) is 4.39 Å². The highest BCUT2D eigenvalue weighted by Gasteiger charge is 2.12. The smallest absolute Gasteiger partial charge is 0.123 e. The number of rotatable bonds is 4. The van der Waals surface area contributed by atoms with Crippen molar-refractivity contribution in [2.24, 2.45) is 5.73 Å². The highest BCUT2D eigenvalue weighted by molar-refractivity contribution is 9.10. The van der Waals surface area contributed by atoms with E-state index in [1.54, 1.807) is 12.1 Å². The summed E-state index contributed by atoms with van der Waals surface area (Å²) in [6.45, 7) is 0.549. The van der Waals surface area contributed by atoms with Crippen molar-refractivity contribution in [3.05, 3.63) is 69.9 Å². The molecule has 0 fully saturated rings. The van der Waals surface area contributed by atoms with Gasteiger partial charge in [-0.1, -0.05) is 46.3 Å². The molecule has 18 heavy (non-hydrogen) atoms. The molecule has 0 spiro atoms. The Kier molecular flexibility index (Phi) is 4.50. The summed E-state index contributed by atoms with van der Waals surface area (Å²) in [7, 11) is 0. The Balaban J connectivity index is 2.23. The third-order valence-corrected chi connectivity index (χ3v) is 3.80. The van der Waals surface area contributed by atoms with Crippen molar-refractivity contribution >= 4 is 15.9 Å². The minimum Gasteiger partial charge on any atom is -0.330 e. The van der Waals surface area contributed by atoms with Crippen molar-refractivity contribution in [2.45, 2.75) is 12.3 Å². The van der Waals surface area contributed by atoms with Gasteiger partial charge in [0.05, 0.1) is 0 Å². The van der Waals surface area contributed by atoms with Crippen LogP contribution < -0.4 is 5.73 Å². The Morgan fingerprint density at radius 1 is 1.11 bits per heavy atom. The Morgan fingerprint density at radius 2 is 1.83 bits per heavy atom. The highest BCUT2D eigenvalue weighted by Crippen LogP contribution is 2.25. The summed E-state index contributed by atoms with van der Waals surface area (Å²) in [5.41, 5.74) is 7.98. The molecule has 2 N–H and O–H groups in total. The van der Waals surface area contributed by atoms with Gasteiger partial charge in [0.15, 0.2) is 0 Å². The largest absolute Gasteiger partial charge is 0.330 e. The molecule has 2 aromatic carbocycles. The molecule has 0 aliphatic heterocycles. The minimum absolute atomic E-state index is 0.211. The van der Waals surface area contributed by atoms with Gasteiger partial charge in [0.2, 0.25) is 0 Å². The first-order valence-electron chi connectivity index (χ1n) is 5.89. The fourth-order valence-corrected chi connectivity index (χ4v) is 2.44. The van der Waals surface area contributed by atoms with E-state index in [4.69, 9.17) is 5.73 Å². The summed E-state index contributed by atoms with van der Waals surface area (Å²) in [5, 5.41) is 0. The van der Waals surface area contributed by atoms with Crippen LogP contribution in [0, 0.1) is 5.82 Å². The maximum absolute atomic E-state index is 13.3. The maximum Gasteiger partial charge on any atom is 0.123 e. The van der Waals surface area contributed by atoms with Gasteiger partial charge >= 0.3 is 0 Å². The zero-order valence-corrected chi connectivity index (χ0v) is 11.5. The van der Waals surface area contributed by atoms with Gasteiger partial charge in [-0.15, -0.1) is 0 Å². The molecule has 0 amide bonds. The molecule has 0 aromatic heterocycles. The normalized spacial score (nSPS) is 12.4. The summed E-state index contributed by atoms with van der Waals surface area (Å²) in [6.07, 6.45) is 0.735. The minimum atomic E-state index is -0.211. The summed E-state index contributed by atoms with van der Waals surface area (Å²) >= 11 is 3.45. The molecule has 1 unspecified atom stereocenters. The van der Waals surface area contributed by atoms with E-state index in [1.165, 1.54) is 11.6 Å². The summed E-state index contributed by atoms with van der Waals surface area (Å²) in [6, 6.07) is 14.9. The predicted molar refractivity (Wildman–Crippen MR) is 76.0 cm³/mol. The molecule has 0 bridgehead atoms. The Labute approximate surface area is 115 Å². The molecule has 0 saturated heterocycles. The molecule has 2 aromatic rings. The fraction of sp³-hybridized carbons (Fsp3) is 0.200. The van der Waals surface area contributed by atoms with Crippen molar-refractivity contribution in [3.8, 4) is 0 Å². The zero-order chi connectivity index (χ0) is 13.0. The summed E-state index contributed by atoms with van der Waals surface area (Å²) in [4.78, 5) is 0. The molecule has 0 radical (unpaired) electrons. The van der Waals surface area contributed by atoms with Crippen LogP contribution in [0.1, 0.15) is 17.0 Å². The Morgan fingerprint density at radius 3 is 2.50 bits per heavy atom. The van der Waals surface area contributed by atoms with Crippen LogP contribution >= 0.6 is 15.9 Å². The molecule has 0 aliphatic rings. The van der Waals surface area contributed by atoms with E-state index in [2.05, 4.69) is 28.1 Å². The van der Waals surface area contributed by atoms with E-state index in [-0.39, 0.29) is 11.7 Å². The summed E-state index contributed by atoms with van der Waals surface area (Å²) < 4.78 is 14.2. The molecular formula is C15H15BrFN. The van der Waals surface area contributed by atoms with Crippen LogP contribution in [-0.4, -0.2) is 6.54 Å². The van der Waals surface area contributed by atoms with Gasteiger partial charge in [-0.25, -0.2) is 4.39 Å². The first kappa shape index (κ1) is 13.2. The first-order chi connectivity index (χ1) is 8.70. The topological polar surface area (TPSA) is 26.0 Å². The second kappa shape index (κ2) is 6.12. The number of hydrogen-bond acceptors (Lipinski definition) is 1. The van der Waals surface area contributed by atoms with Crippen molar-refractivity contribution < 1.29 is 4.39 Å². The van der Waals surface area contributed by atoms with Gasteiger partial charge in [0.1, 0.15) is 5.82 Å². The Hall–Kier alpha value is -1.19. The predicted octanol–water partition coefficient (Wildman–Crippen LogP) is 3.87. The van der Waals surface area contributed by atoms with Gasteiger partial charge in [-0.2, -0.15) is 0 Å². The monoisotopic (exact) mass is 307 g/mol. The van der Waals surface area contributed by atoms with Crippen LogP contribution in [0.2, 0.25) is 0 Å². The third-order valence-electron chi connectivity index (χ3n) is 3.03. The Bertz CT molecular complexity index is 513. The maximum atomic E-state index is 13.3. The number of benzene rings is 2. The van der Waals surface area contributed by atoms with Gasteiger partial charge in [0, 0.05) is 10.4 Å². The molecule has 94 valence electrons. The lowest BCUT2D eigenvalue weighted by atomic mass is 9.92. The van der Waals surface area contributed by atoms with Crippen LogP contribution in [0.15, 0.2) is 53.0 Å². The van der Waals surface area contributed by atoms with E-state index in [0.717, 1.165) is 16.5 Å². The average Bonchev–Trinajstić information content (AvgIpc) is 2.41. The van der Waals surface area contributed by atoms with E-state index in [0.29, 0.717) is 6.54 Å². The lowest BCUT2D eigenvalue weighted by Gasteiger charge is -2.16. The highest BCUT2D eigenvalue weighted by atomic mass is 79.9. The van der Waals surface area contributed by atoms with E-state index in [9.17, 15) is 4.39 Å². The summed E-state index contributed by atoms with van der Waals surface area (Å²) in [5.74, 6) is 0.00123. The van der Waals surface area contributed by atoms with Crippen LogP contribution in [0.5, 0.6) is 0 Å². The van der Waals surface area contributed by atoms with Crippen LogP contribution in [-0.2, 0) is 6.42 Å². The third kappa shape index (κ3) is 3.18. The van der Waals surface area contributed by atoms with Crippen molar-refractivity contribution in [3.63, 3.8) is 0 Å². The quantitative estimate of drug-likeness (QED) is 0.911. The standard InChI is InChI=1S/C15H15BrFN/c16-15-7-6-14(17)9-12(15)8-13(10-18)11-4-2-1-3-5-11/h1-7,9,13H,8,10,18H2. The van der Waals surface area contributed by atoms with Crippen LogP contribution in [0.25, 0.3) is 0 Å². The molecule has 2 rings (SSSR count). The first-order valence-corrected chi connectivity index (χ1v) is 6.69. The molecule has 1 nitrogen and oxygen atoms in total. The number of halogens is 2. The van der Waals surface area contributed by atoms with Crippen molar-refractivity contribution in [1.82, 2.24) is 0 Å². The molecule has 0 heterocycles. The lowest BCUT2D eigenvalue weighted by molar-refractivity contribution is 0.620. The van der Waals surface area contributed by atoms with Crippen molar-refractivity contribution in [1.29, 1.82) is 0 Å².